The number of hydrazine groups is 3. The number of benzene rings is 1. The quantitative estimate of drug-likeness (QED) is 0.267. The Kier molecular flexibility index (Phi) is 6.85. The van der Waals surface area contributed by atoms with Gasteiger partial charge in [-0.25, -0.2) is 11.7 Å². The van der Waals surface area contributed by atoms with Crippen molar-refractivity contribution < 1.29 is 14.4 Å². The van der Waals surface area contributed by atoms with E-state index in [1.807, 2.05) is 18.2 Å². The number of amides is 2. The summed E-state index contributed by atoms with van der Waals surface area (Å²) in [5, 5.41) is 3.98. The number of alkyl halides is 3. The predicted octanol–water partition coefficient (Wildman–Crippen LogP) is 0.727. The van der Waals surface area contributed by atoms with Crippen molar-refractivity contribution >= 4 is 52.8 Å². The van der Waals surface area contributed by atoms with Crippen molar-refractivity contribution in [2.45, 2.75) is 3.79 Å². The molecule has 0 unspecified atom stereocenters. The van der Waals surface area contributed by atoms with Crippen molar-refractivity contribution in [3.63, 3.8) is 0 Å². The Morgan fingerprint density at radius 2 is 1.77 bits per heavy atom. The molecule has 0 aliphatic rings. The van der Waals surface area contributed by atoms with Crippen LogP contribution in [0.1, 0.15) is 5.56 Å². The maximum atomic E-state index is 11.6. The minimum absolute atomic E-state index is 0.166. The molecule has 1 aromatic rings. The number of nitrogens with zero attached hydrogens (tertiary/aromatic N) is 3. The van der Waals surface area contributed by atoms with E-state index >= 15 is 0 Å². The molecule has 0 aromatic heterocycles. The lowest BCUT2D eigenvalue weighted by atomic mass is 10.2. The van der Waals surface area contributed by atoms with Gasteiger partial charge >= 0.3 is 5.91 Å². The van der Waals surface area contributed by atoms with Crippen LogP contribution in [-0.4, -0.2) is 38.7 Å². The molecule has 1 rings (SSSR count). The smallest absolute Gasteiger partial charge is 0.309 e. The minimum Gasteiger partial charge on any atom is -0.386 e. The first-order valence-electron chi connectivity index (χ1n) is 5.67. The fourth-order valence-electron chi connectivity index (χ4n) is 1.14. The maximum absolute atomic E-state index is 11.6. The molecular formula is C11H12Cl3N5O3. The summed E-state index contributed by atoms with van der Waals surface area (Å²) in [5.41, 5.74) is 0.770. The van der Waals surface area contributed by atoms with Gasteiger partial charge in [0.1, 0.15) is 0 Å². The van der Waals surface area contributed by atoms with Crippen LogP contribution in [0.3, 0.4) is 0 Å². The molecule has 120 valence electrons. The van der Waals surface area contributed by atoms with Gasteiger partial charge in [0.25, 0.3) is 9.70 Å². The molecule has 0 aliphatic heterocycles. The molecule has 0 saturated heterocycles. The third kappa shape index (κ3) is 5.66. The Morgan fingerprint density at radius 3 is 2.32 bits per heavy atom. The first-order chi connectivity index (χ1) is 10.2. The second kappa shape index (κ2) is 8.16. The van der Waals surface area contributed by atoms with E-state index < -0.39 is 22.2 Å². The number of oxime groups is 1. The second-order valence-corrected chi connectivity index (χ2v) is 6.09. The average Bonchev–Trinajstić information content (AvgIpc) is 2.49. The average molecular weight is 369 g/mol. The van der Waals surface area contributed by atoms with E-state index in [0.717, 1.165) is 5.56 Å². The molecule has 0 bridgehead atoms. The van der Waals surface area contributed by atoms with E-state index in [1.54, 1.807) is 12.1 Å². The summed E-state index contributed by atoms with van der Waals surface area (Å²) in [6.07, 6.45) is 1.39. The summed E-state index contributed by atoms with van der Waals surface area (Å²) < 4.78 is -2.35. The Morgan fingerprint density at radius 1 is 1.18 bits per heavy atom. The van der Waals surface area contributed by atoms with E-state index in [4.69, 9.17) is 51.3 Å². The largest absolute Gasteiger partial charge is 0.386 e. The molecule has 22 heavy (non-hydrogen) atoms. The molecule has 0 radical (unpaired) electrons. The zero-order chi connectivity index (χ0) is 16.8. The number of carbonyl (C=O) groups excluding carboxylic acids is 2. The van der Waals surface area contributed by atoms with Crippen LogP contribution >= 0.6 is 34.8 Å². The van der Waals surface area contributed by atoms with E-state index in [2.05, 4.69) is 5.16 Å². The number of hydrogen-bond acceptors (Lipinski definition) is 6. The lowest BCUT2D eigenvalue weighted by molar-refractivity contribution is -0.167. The van der Waals surface area contributed by atoms with Crippen LogP contribution < -0.4 is 11.7 Å². The van der Waals surface area contributed by atoms with Gasteiger partial charge in [-0.3, -0.25) is 9.59 Å². The highest BCUT2D eigenvalue weighted by Crippen LogP contribution is 2.27. The SMILES string of the molecule is NN(C(=O)CO/N=C\c1ccccc1)N(N)C(=O)C(Cl)(Cl)Cl. The van der Waals surface area contributed by atoms with E-state index in [0.29, 0.717) is 0 Å². The molecule has 1 aromatic carbocycles. The molecule has 0 aliphatic carbocycles. The van der Waals surface area contributed by atoms with Gasteiger partial charge in [-0.2, -0.15) is 10.2 Å². The molecule has 0 saturated carbocycles. The van der Waals surface area contributed by atoms with Gasteiger partial charge in [0.15, 0.2) is 6.61 Å². The van der Waals surface area contributed by atoms with Gasteiger partial charge in [-0.1, -0.05) is 70.3 Å². The van der Waals surface area contributed by atoms with Crippen molar-refractivity contribution in [1.82, 2.24) is 10.2 Å². The predicted molar refractivity (Wildman–Crippen MR) is 82.3 cm³/mol. The van der Waals surface area contributed by atoms with Crippen LogP contribution in [0.4, 0.5) is 0 Å². The molecule has 0 fully saturated rings. The molecule has 0 atom stereocenters. The fourth-order valence-corrected chi connectivity index (χ4v) is 1.40. The Hall–Kier alpha value is -1.58. The van der Waals surface area contributed by atoms with Crippen molar-refractivity contribution in [3.05, 3.63) is 35.9 Å². The highest BCUT2D eigenvalue weighted by Gasteiger charge is 2.37. The van der Waals surface area contributed by atoms with Gasteiger partial charge < -0.3 is 4.84 Å². The van der Waals surface area contributed by atoms with Crippen molar-refractivity contribution in [3.8, 4) is 0 Å². The summed E-state index contributed by atoms with van der Waals surface area (Å²) in [7, 11) is 0. The summed E-state index contributed by atoms with van der Waals surface area (Å²) >= 11 is 16.0. The highest BCUT2D eigenvalue weighted by molar-refractivity contribution is 6.76. The minimum atomic E-state index is -2.35. The Bertz CT molecular complexity index is 550. The third-order valence-corrected chi connectivity index (χ3v) is 2.69. The number of halogens is 3. The van der Waals surface area contributed by atoms with Crippen molar-refractivity contribution in [2.24, 2.45) is 16.8 Å². The topological polar surface area (TPSA) is 114 Å². The first kappa shape index (κ1) is 18.5. The number of rotatable bonds is 4. The van der Waals surface area contributed by atoms with Gasteiger partial charge in [-0.15, -0.1) is 0 Å². The van der Waals surface area contributed by atoms with Crippen LogP contribution in [0.5, 0.6) is 0 Å². The van der Waals surface area contributed by atoms with Crippen LogP contribution in [0, 0.1) is 0 Å². The number of carbonyl (C=O) groups is 2. The zero-order valence-electron chi connectivity index (χ0n) is 11.0. The molecule has 0 spiro atoms. The fraction of sp³-hybridized carbons (Fsp3) is 0.182. The highest BCUT2D eigenvalue weighted by atomic mass is 35.6. The number of nitrogens with two attached hydrogens (primary N) is 2. The molecular weight excluding hydrogens is 357 g/mol. The second-order valence-electron chi connectivity index (χ2n) is 3.80. The number of hydrogen-bond donors (Lipinski definition) is 2. The van der Waals surface area contributed by atoms with Crippen LogP contribution in [-0.2, 0) is 14.4 Å². The Labute approximate surface area is 141 Å². The van der Waals surface area contributed by atoms with Crippen LogP contribution in [0.25, 0.3) is 0 Å². The molecule has 11 heteroatoms. The Balaban J connectivity index is 2.48. The van der Waals surface area contributed by atoms with Gasteiger partial charge in [0, 0.05) is 0 Å². The van der Waals surface area contributed by atoms with E-state index in [-0.39, 0.29) is 10.2 Å². The summed E-state index contributed by atoms with van der Waals surface area (Å²) in [5.74, 6) is 8.48. The summed E-state index contributed by atoms with van der Waals surface area (Å²) in [4.78, 5) is 27.9. The standard InChI is InChI=1S/C11H12Cl3N5O3/c12-11(13,14)10(21)19(16)18(15)9(20)7-22-17-6-8-4-2-1-3-5-8/h1-6H,7,15-16H2/b17-6-. The summed E-state index contributed by atoms with van der Waals surface area (Å²) in [6.45, 7) is -0.569. The van der Waals surface area contributed by atoms with E-state index in [9.17, 15) is 9.59 Å². The van der Waals surface area contributed by atoms with Crippen molar-refractivity contribution in [2.75, 3.05) is 6.61 Å². The molecule has 0 heterocycles. The monoisotopic (exact) mass is 367 g/mol. The first-order valence-corrected chi connectivity index (χ1v) is 6.81. The van der Waals surface area contributed by atoms with Gasteiger partial charge in [-0.05, 0) is 5.56 Å². The van der Waals surface area contributed by atoms with Crippen LogP contribution in [0.15, 0.2) is 35.5 Å². The van der Waals surface area contributed by atoms with E-state index in [1.165, 1.54) is 6.21 Å². The normalized spacial score (nSPS) is 11.3. The maximum Gasteiger partial charge on any atom is 0.309 e. The lowest BCUT2D eigenvalue weighted by Crippen LogP contribution is -2.60. The summed E-state index contributed by atoms with van der Waals surface area (Å²) in [6, 6.07) is 9.02. The molecule has 4 N–H and O–H groups in total. The zero-order valence-corrected chi connectivity index (χ0v) is 13.3. The third-order valence-electron chi connectivity index (χ3n) is 2.20. The molecule has 2 amide bonds. The lowest BCUT2D eigenvalue weighted by Gasteiger charge is -2.27. The molecule has 8 nitrogen and oxygen atoms in total. The van der Waals surface area contributed by atoms with Gasteiger partial charge in [0.2, 0.25) is 0 Å². The van der Waals surface area contributed by atoms with Gasteiger partial charge in [0.05, 0.1) is 6.21 Å². The van der Waals surface area contributed by atoms with Crippen molar-refractivity contribution in [1.29, 1.82) is 0 Å². The van der Waals surface area contributed by atoms with Crippen LogP contribution in [0.2, 0.25) is 0 Å².